The van der Waals surface area contributed by atoms with E-state index in [2.05, 4.69) is 15.4 Å². The molecule has 0 saturated heterocycles. The number of pyridine rings is 1. The van der Waals surface area contributed by atoms with Crippen molar-refractivity contribution >= 4 is 16.8 Å². The third-order valence-electron chi connectivity index (χ3n) is 5.06. The van der Waals surface area contributed by atoms with E-state index in [4.69, 9.17) is 0 Å². The standard InChI is InChI=1S/C20H23N5O2/c1-2-12-25-20(27)24-13-10-15(8-9-17(24)23-25)22-19(26)16-7-3-5-14-6-4-11-21-18(14)16/h3-7,11,15H,2,8-10,12-13H2,1H3,(H,22,26). The van der Waals surface area contributed by atoms with Crippen LogP contribution < -0.4 is 11.0 Å². The van der Waals surface area contributed by atoms with Crippen molar-refractivity contribution < 1.29 is 4.79 Å². The van der Waals surface area contributed by atoms with E-state index in [1.807, 2.05) is 31.2 Å². The second-order valence-electron chi connectivity index (χ2n) is 6.95. The third-order valence-corrected chi connectivity index (χ3v) is 5.06. The molecule has 140 valence electrons. The first kappa shape index (κ1) is 17.5. The second-order valence-corrected chi connectivity index (χ2v) is 6.95. The van der Waals surface area contributed by atoms with Crippen LogP contribution >= 0.6 is 0 Å². The highest BCUT2D eigenvalue weighted by atomic mass is 16.2. The molecule has 1 aliphatic heterocycles. The number of carbonyl (C=O) groups is 1. The molecule has 1 atom stereocenters. The van der Waals surface area contributed by atoms with E-state index in [9.17, 15) is 9.59 Å². The van der Waals surface area contributed by atoms with E-state index >= 15 is 0 Å². The summed E-state index contributed by atoms with van der Waals surface area (Å²) in [7, 11) is 0. The topological polar surface area (TPSA) is 81.8 Å². The lowest BCUT2D eigenvalue weighted by Gasteiger charge is -2.16. The van der Waals surface area contributed by atoms with Crippen LogP contribution in [-0.2, 0) is 19.5 Å². The lowest BCUT2D eigenvalue weighted by Crippen LogP contribution is -2.36. The largest absolute Gasteiger partial charge is 0.349 e. The fraction of sp³-hybridized carbons (Fsp3) is 0.400. The molecule has 1 N–H and O–H groups in total. The molecule has 27 heavy (non-hydrogen) atoms. The molecule has 1 unspecified atom stereocenters. The number of carbonyl (C=O) groups excluding carboxylic acids is 1. The number of hydrogen-bond acceptors (Lipinski definition) is 4. The van der Waals surface area contributed by atoms with Crippen LogP contribution in [0.4, 0.5) is 0 Å². The minimum atomic E-state index is -0.118. The van der Waals surface area contributed by atoms with Gasteiger partial charge in [0.1, 0.15) is 5.82 Å². The van der Waals surface area contributed by atoms with Crippen LogP contribution in [0.15, 0.2) is 41.3 Å². The number of para-hydroxylation sites is 1. The highest BCUT2D eigenvalue weighted by Gasteiger charge is 2.23. The van der Waals surface area contributed by atoms with E-state index < -0.39 is 0 Å². The van der Waals surface area contributed by atoms with Gasteiger partial charge in [-0.1, -0.05) is 25.1 Å². The van der Waals surface area contributed by atoms with Gasteiger partial charge in [-0.15, -0.1) is 0 Å². The van der Waals surface area contributed by atoms with E-state index in [1.54, 1.807) is 21.5 Å². The monoisotopic (exact) mass is 365 g/mol. The van der Waals surface area contributed by atoms with Crippen molar-refractivity contribution in [2.24, 2.45) is 0 Å². The SMILES string of the molecule is CCCn1nc2n(c1=O)CCC(NC(=O)c1cccc3cccnc13)CC2. The number of benzene rings is 1. The van der Waals surface area contributed by atoms with Crippen molar-refractivity contribution in [3.05, 3.63) is 58.4 Å². The Kier molecular flexibility index (Phi) is 4.75. The maximum Gasteiger partial charge on any atom is 0.345 e. The normalized spacial score (nSPS) is 16.7. The van der Waals surface area contributed by atoms with Gasteiger partial charge in [0.2, 0.25) is 0 Å². The van der Waals surface area contributed by atoms with Crippen LogP contribution in [0, 0.1) is 0 Å². The summed E-state index contributed by atoms with van der Waals surface area (Å²) in [5, 5.41) is 8.53. The Morgan fingerprint density at radius 2 is 2.11 bits per heavy atom. The van der Waals surface area contributed by atoms with E-state index in [0.717, 1.165) is 24.1 Å². The quantitative estimate of drug-likeness (QED) is 0.768. The molecule has 3 aromatic rings. The molecule has 2 aromatic heterocycles. The molecule has 0 fully saturated rings. The van der Waals surface area contributed by atoms with Gasteiger partial charge in [0.15, 0.2) is 0 Å². The molecule has 1 aromatic carbocycles. The van der Waals surface area contributed by atoms with Crippen molar-refractivity contribution in [3.8, 4) is 0 Å². The Bertz CT molecular complexity index is 1030. The first-order valence-electron chi connectivity index (χ1n) is 9.48. The van der Waals surface area contributed by atoms with E-state index in [-0.39, 0.29) is 17.6 Å². The summed E-state index contributed by atoms with van der Waals surface area (Å²) in [6.45, 7) is 3.26. The summed E-state index contributed by atoms with van der Waals surface area (Å²) in [4.78, 5) is 29.6. The molecule has 0 spiro atoms. The van der Waals surface area contributed by atoms with Crippen molar-refractivity contribution in [3.63, 3.8) is 0 Å². The van der Waals surface area contributed by atoms with Crippen LogP contribution in [0.3, 0.4) is 0 Å². The van der Waals surface area contributed by atoms with Crippen LogP contribution in [0.2, 0.25) is 0 Å². The van der Waals surface area contributed by atoms with Gasteiger partial charge in [-0.05, 0) is 31.4 Å². The van der Waals surface area contributed by atoms with E-state index in [0.29, 0.717) is 37.0 Å². The van der Waals surface area contributed by atoms with Crippen LogP contribution in [0.25, 0.3) is 10.9 Å². The number of aromatic nitrogens is 4. The summed E-state index contributed by atoms with van der Waals surface area (Å²) in [5.41, 5.74) is 1.25. The van der Waals surface area contributed by atoms with Gasteiger partial charge in [-0.3, -0.25) is 14.3 Å². The number of nitrogens with one attached hydrogen (secondary N) is 1. The maximum absolute atomic E-state index is 12.8. The molecular formula is C20H23N5O2. The lowest BCUT2D eigenvalue weighted by molar-refractivity contribution is 0.0934. The summed E-state index contributed by atoms with van der Waals surface area (Å²) >= 11 is 0. The Hall–Kier alpha value is -2.96. The zero-order valence-corrected chi connectivity index (χ0v) is 15.4. The fourth-order valence-corrected chi connectivity index (χ4v) is 3.68. The predicted octanol–water partition coefficient (Wildman–Crippen LogP) is 2.14. The number of fused-ring (bicyclic) bond motifs is 2. The Morgan fingerprint density at radius 1 is 1.26 bits per heavy atom. The van der Waals surface area contributed by atoms with Crippen molar-refractivity contribution in [2.45, 2.75) is 51.7 Å². The molecule has 1 aliphatic rings. The molecule has 0 saturated carbocycles. The number of nitrogens with zero attached hydrogens (tertiary/aromatic N) is 4. The van der Waals surface area contributed by atoms with Gasteiger partial charge in [-0.25, -0.2) is 9.48 Å². The minimum absolute atomic E-state index is 0.0113. The minimum Gasteiger partial charge on any atom is -0.349 e. The van der Waals surface area contributed by atoms with Gasteiger partial charge < -0.3 is 5.32 Å². The summed E-state index contributed by atoms with van der Waals surface area (Å²) in [6.07, 6.45) is 4.75. The molecule has 1 amide bonds. The highest BCUT2D eigenvalue weighted by Crippen LogP contribution is 2.17. The zero-order chi connectivity index (χ0) is 18.8. The number of amides is 1. The Balaban J connectivity index is 1.49. The molecule has 0 radical (unpaired) electrons. The van der Waals surface area contributed by atoms with Crippen LogP contribution in [-0.4, -0.2) is 31.3 Å². The third kappa shape index (κ3) is 3.37. The van der Waals surface area contributed by atoms with Crippen molar-refractivity contribution in [2.75, 3.05) is 0 Å². The zero-order valence-electron chi connectivity index (χ0n) is 15.4. The first-order valence-corrected chi connectivity index (χ1v) is 9.48. The first-order chi connectivity index (χ1) is 13.2. The molecule has 7 nitrogen and oxygen atoms in total. The molecule has 7 heteroatoms. The number of hydrogen-bond donors (Lipinski definition) is 1. The molecule has 0 aliphatic carbocycles. The van der Waals surface area contributed by atoms with Crippen molar-refractivity contribution in [1.29, 1.82) is 0 Å². The van der Waals surface area contributed by atoms with Crippen LogP contribution in [0.5, 0.6) is 0 Å². The molecule has 4 rings (SSSR count). The number of aryl methyl sites for hydroxylation is 2. The number of rotatable bonds is 4. The molecular weight excluding hydrogens is 342 g/mol. The van der Waals surface area contributed by atoms with Gasteiger partial charge in [0.25, 0.3) is 5.91 Å². The highest BCUT2D eigenvalue weighted by molar-refractivity contribution is 6.05. The molecule has 3 heterocycles. The van der Waals surface area contributed by atoms with Gasteiger partial charge in [-0.2, -0.15) is 5.10 Å². The lowest BCUT2D eigenvalue weighted by atomic mass is 10.1. The summed E-state index contributed by atoms with van der Waals surface area (Å²) < 4.78 is 3.30. The average Bonchev–Trinajstić information content (AvgIpc) is 2.85. The second kappa shape index (κ2) is 7.34. The van der Waals surface area contributed by atoms with Gasteiger partial charge >= 0.3 is 5.69 Å². The van der Waals surface area contributed by atoms with Gasteiger partial charge in [0.05, 0.1) is 11.1 Å². The smallest absolute Gasteiger partial charge is 0.345 e. The van der Waals surface area contributed by atoms with Gasteiger partial charge in [0, 0.05) is 37.1 Å². The Morgan fingerprint density at radius 3 is 2.96 bits per heavy atom. The Labute approximate surface area is 157 Å². The predicted molar refractivity (Wildman–Crippen MR) is 103 cm³/mol. The average molecular weight is 365 g/mol. The maximum atomic E-state index is 12.8. The summed E-state index contributed by atoms with van der Waals surface area (Å²) in [6, 6.07) is 9.45. The van der Waals surface area contributed by atoms with Crippen LogP contribution in [0.1, 0.15) is 42.4 Å². The summed E-state index contributed by atoms with van der Waals surface area (Å²) in [5.74, 6) is 0.698. The van der Waals surface area contributed by atoms with Crippen molar-refractivity contribution in [1.82, 2.24) is 24.6 Å². The fourth-order valence-electron chi connectivity index (χ4n) is 3.68. The van der Waals surface area contributed by atoms with E-state index in [1.165, 1.54) is 0 Å². The molecule has 0 bridgehead atoms.